The number of sulfone groups is 1. The lowest BCUT2D eigenvalue weighted by Crippen LogP contribution is -2.37. The Hall–Kier alpha value is -0.860. The van der Waals surface area contributed by atoms with Gasteiger partial charge in [0.2, 0.25) is 0 Å². The number of nitrogens with zero attached hydrogens (tertiary/aromatic N) is 2. The van der Waals surface area contributed by atoms with Crippen molar-refractivity contribution in [1.82, 2.24) is 4.37 Å². The second-order valence-corrected chi connectivity index (χ2v) is 7.55. The number of nitrogens with two attached hydrogens (primary N) is 1. The molecule has 102 valence electrons. The summed E-state index contributed by atoms with van der Waals surface area (Å²) in [5, 5.41) is 9.83. The molecule has 1 heterocycles. The van der Waals surface area contributed by atoms with E-state index in [1.807, 2.05) is 11.9 Å². The smallest absolute Gasteiger partial charge is 0.182 e. The van der Waals surface area contributed by atoms with E-state index in [-0.39, 0.29) is 16.8 Å². The maximum atomic E-state index is 11.7. The molecule has 1 aromatic rings. The Bertz CT molecular complexity index is 535. The molecule has 1 fully saturated rings. The molecule has 18 heavy (non-hydrogen) atoms. The zero-order valence-corrected chi connectivity index (χ0v) is 12.0. The van der Waals surface area contributed by atoms with Gasteiger partial charge in [0.25, 0.3) is 0 Å². The van der Waals surface area contributed by atoms with Crippen molar-refractivity contribution >= 4 is 32.2 Å². The molecule has 0 aliphatic heterocycles. The SMILES string of the molecule is CN(CC1CC(O)C1)c1snc(N)c1S(C)(=O)=O. The van der Waals surface area contributed by atoms with Crippen LogP contribution in [0.4, 0.5) is 10.8 Å². The third-order valence-electron chi connectivity index (χ3n) is 3.12. The van der Waals surface area contributed by atoms with Gasteiger partial charge in [-0.25, -0.2) is 8.42 Å². The van der Waals surface area contributed by atoms with Crippen LogP contribution >= 0.6 is 11.5 Å². The highest BCUT2D eigenvalue weighted by atomic mass is 32.2. The first-order valence-corrected chi connectivity index (χ1v) is 8.30. The second kappa shape index (κ2) is 4.67. The standard InChI is InChI=1S/C10H17N3O3S2/c1-13(5-6-3-7(14)4-6)10-8(18(2,15)16)9(11)12-17-10/h6-7,14H,3-5H2,1-2H3,(H2,11,12). The first-order valence-electron chi connectivity index (χ1n) is 5.63. The van der Waals surface area contributed by atoms with Crippen LogP contribution in [0.3, 0.4) is 0 Å². The predicted molar refractivity (Wildman–Crippen MR) is 71.6 cm³/mol. The highest BCUT2D eigenvalue weighted by molar-refractivity contribution is 7.91. The summed E-state index contributed by atoms with van der Waals surface area (Å²) in [6, 6.07) is 0. The van der Waals surface area contributed by atoms with Crippen LogP contribution in [0.2, 0.25) is 0 Å². The third-order valence-corrected chi connectivity index (χ3v) is 5.37. The molecule has 0 unspecified atom stereocenters. The van der Waals surface area contributed by atoms with E-state index in [2.05, 4.69) is 4.37 Å². The Morgan fingerprint density at radius 2 is 2.17 bits per heavy atom. The van der Waals surface area contributed by atoms with Gasteiger partial charge in [0, 0.05) is 19.8 Å². The van der Waals surface area contributed by atoms with E-state index in [9.17, 15) is 13.5 Å². The highest BCUT2D eigenvalue weighted by Crippen LogP contribution is 2.36. The van der Waals surface area contributed by atoms with E-state index >= 15 is 0 Å². The van der Waals surface area contributed by atoms with Gasteiger partial charge in [0.05, 0.1) is 6.10 Å². The van der Waals surface area contributed by atoms with Crippen LogP contribution in [0, 0.1) is 5.92 Å². The number of anilines is 2. The van der Waals surface area contributed by atoms with Crippen LogP contribution in [0.5, 0.6) is 0 Å². The summed E-state index contributed by atoms with van der Waals surface area (Å²) < 4.78 is 27.3. The van der Waals surface area contributed by atoms with Crippen molar-refractivity contribution in [3.8, 4) is 0 Å². The zero-order valence-electron chi connectivity index (χ0n) is 10.3. The van der Waals surface area contributed by atoms with E-state index in [4.69, 9.17) is 5.73 Å². The van der Waals surface area contributed by atoms with Gasteiger partial charge >= 0.3 is 0 Å². The maximum absolute atomic E-state index is 11.7. The average molecular weight is 291 g/mol. The van der Waals surface area contributed by atoms with Gasteiger partial charge < -0.3 is 15.7 Å². The van der Waals surface area contributed by atoms with Crippen molar-refractivity contribution in [2.75, 3.05) is 30.5 Å². The Morgan fingerprint density at radius 1 is 1.56 bits per heavy atom. The molecule has 6 nitrogen and oxygen atoms in total. The van der Waals surface area contributed by atoms with Crippen molar-refractivity contribution in [3.05, 3.63) is 0 Å². The van der Waals surface area contributed by atoms with Crippen molar-refractivity contribution in [3.63, 3.8) is 0 Å². The Labute approximate surface area is 111 Å². The first-order chi connectivity index (χ1) is 8.29. The van der Waals surface area contributed by atoms with E-state index in [1.54, 1.807) is 0 Å². The summed E-state index contributed by atoms with van der Waals surface area (Å²) in [5.41, 5.74) is 5.62. The number of aliphatic hydroxyl groups excluding tert-OH is 1. The van der Waals surface area contributed by atoms with Gasteiger partial charge in [0.15, 0.2) is 15.7 Å². The quantitative estimate of drug-likeness (QED) is 0.830. The normalized spacial score (nSPS) is 23.7. The molecule has 1 aliphatic carbocycles. The van der Waals surface area contributed by atoms with Crippen molar-refractivity contribution in [2.24, 2.45) is 5.92 Å². The summed E-state index contributed by atoms with van der Waals surface area (Å²) in [4.78, 5) is 1.98. The molecule has 0 aromatic carbocycles. The average Bonchev–Trinajstić information content (AvgIpc) is 2.57. The van der Waals surface area contributed by atoms with E-state index < -0.39 is 9.84 Å². The molecule has 1 aliphatic rings. The van der Waals surface area contributed by atoms with Crippen molar-refractivity contribution in [2.45, 2.75) is 23.8 Å². The molecule has 0 spiro atoms. The second-order valence-electron chi connectivity index (χ2n) is 4.85. The summed E-state index contributed by atoms with van der Waals surface area (Å²) >= 11 is 1.10. The van der Waals surface area contributed by atoms with Gasteiger partial charge in [-0.1, -0.05) is 0 Å². The van der Waals surface area contributed by atoms with E-state index in [1.165, 1.54) is 0 Å². The number of aromatic nitrogens is 1. The third kappa shape index (κ3) is 2.60. The molecule has 1 saturated carbocycles. The summed E-state index contributed by atoms with van der Waals surface area (Å²) in [7, 11) is -1.54. The molecule has 0 bridgehead atoms. The number of hydrogen-bond acceptors (Lipinski definition) is 7. The molecule has 8 heteroatoms. The van der Waals surface area contributed by atoms with Gasteiger partial charge in [0.1, 0.15) is 9.90 Å². The van der Waals surface area contributed by atoms with Gasteiger partial charge in [-0.2, -0.15) is 4.37 Å². The van der Waals surface area contributed by atoms with Crippen LogP contribution in [0.1, 0.15) is 12.8 Å². The van der Waals surface area contributed by atoms with E-state index in [0.29, 0.717) is 17.5 Å². The molecular weight excluding hydrogens is 274 g/mol. The minimum atomic E-state index is -3.37. The largest absolute Gasteiger partial charge is 0.393 e. The van der Waals surface area contributed by atoms with Gasteiger partial charge in [-0.15, -0.1) is 0 Å². The van der Waals surface area contributed by atoms with Gasteiger partial charge in [-0.05, 0) is 30.3 Å². The fourth-order valence-corrected chi connectivity index (χ4v) is 4.40. The topological polar surface area (TPSA) is 96.5 Å². The fraction of sp³-hybridized carbons (Fsp3) is 0.700. The lowest BCUT2D eigenvalue weighted by molar-refractivity contribution is 0.0465. The molecule has 0 amide bonds. The highest BCUT2D eigenvalue weighted by Gasteiger charge is 2.30. The number of rotatable bonds is 4. The summed E-state index contributed by atoms with van der Waals surface area (Å²) in [6.45, 7) is 0.710. The lowest BCUT2D eigenvalue weighted by atomic mass is 9.82. The van der Waals surface area contributed by atoms with Crippen molar-refractivity contribution < 1.29 is 13.5 Å². The zero-order chi connectivity index (χ0) is 13.5. The molecule has 3 N–H and O–H groups in total. The van der Waals surface area contributed by atoms with E-state index in [0.717, 1.165) is 30.6 Å². The maximum Gasteiger partial charge on any atom is 0.182 e. The number of hydrogen-bond donors (Lipinski definition) is 2. The minimum Gasteiger partial charge on any atom is -0.393 e. The van der Waals surface area contributed by atoms with Gasteiger partial charge in [-0.3, -0.25) is 0 Å². The molecule has 2 rings (SSSR count). The predicted octanol–water partition coefficient (Wildman–Crippen LogP) is 0.336. The van der Waals surface area contributed by atoms with Crippen LogP contribution in [-0.2, 0) is 9.84 Å². The summed E-state index contributed by atoms with van der Waals surface area (Å²) in [5.74, 6) is 0.471. The number of aliphatic hydroxyl groups is 1. The van der Waals surface area contributed by atoms with Crippen LogP contribution in [0.25, 0.3) is 0 Å². The Balaban J connectivity index is 2.18. The Kier molecular flexibility index (Phi) is 3.52. The molecule has 1 aromatic heterocycles. The fourth-order valence-electron chi connectivity index (χ4n) is 2.20. The lowest BCUT2D eigenvalue weighted by Gasteiger charge is -2.34. The monoisotopic (exact) mass is 291 g/mol. The number of nitrogen functional groups attached to an aromatic ring is 1. The van der Waals surface area contributed by atoms with Crippen LogP contribution < -0.4 is 10.6 Å². The first kappa shape index (κ1) is 13.6. The molecule has 0 atom stereocenters. The molecule has 0 radical (unpaired) electrons. The Morgan fingerprint density at radius 3 is 2.67 bits per heavy atom. The molecular formula is C10H17N3O3S2. The van der Waals surface area contributed by atoms with Crippen LogP contribution in [0.15, 0.2) is 4.90 Å². The summed E-state index contributed by atoms with van der Waals surface area (Å²) in [6.07, 6.45) is 2.47. The van der Waals surface area contributed by atoms with Crippen LogP contribution in [-0.4, -0.2) is 43.9 Å². The van der Waals surface area contributed by atoms with Crippen molar-refractivity contribution in [1.29, 1.82) is 0 Å². The molecule has 0 saturated heterocycles. The minimum absolute atomic E-state index is 0.0676.